The van der Waals surface area contributed by atoms with Crippen molar-refractivity contribution in [1.82, 2.24) is 4.90 Å². The van der Waals surface area contributed by atoms with Crippen LogP contribution in [0.5, 0.6) is 17.2 Å². The number of benzene rings is 2. The summed E-state index contributed by atoms with van der Waals surface area (Å²) in [6, 6.07) is 9.33. The molecule has 4 aliphatic heterocycles. The van der Waals surface area contributed by atoms with E-state index < -0.39 is 11.0 Å². The van der Waals surface area contributed by atoms with E-state index in [2.05, 4.69) is 4.90 Å². The second-order valence-corrected chi connectivity index (χ2v) is 11.4. The van der Waals surface area contributed by atoms with Gasteiger partial charge in [-0.2, -0.15) is 0 Å². The van der Waals surface area contributed by atoms with Crippen molar-refractivity contribution in [1.29, 1.82) is 0 Å². The van der Waals surface area contributed by atoms with Gasteiger partial charge in [0.25, 0.3) is 0 Å². The molecule has 4 atom stereocenters. The van der Waals surface area contributed by atoms with E-state index in [4.69, 9.17) is 23.7 Å². The Hall–Kier alpha value is -3.46. The number of ketones is 1. The summed E-state index contributed by atoms with van der Waals surface area (Å²) in [5.74, 6) is 1.68. The number of hydrogen-bond donors (Lipinski definition) is 0. The van der Waals surface area contributed by atoms with E-state index in [1.54, 1.807) is 19.1 Å². The number of carbonyl (C=O) groups is 2. The summed E-state index contributed by atoms with van der Waals surface area (Å²) < 4.78 is 29.9. The van der Waals surface area contributed by atoms with E-state index >= 15 is 0 Å². The largest absolute Gasteiger partial charge is 0.494 e. The number of amides is 1. The number of anilines is 1. The molecule has 1 spiro atoms. The summed E-state index contributed by atoms with van der Waals surface area (Å²) in [5.41, 5.74) is 1.72. The second-order valence-electron chi connectivity index (χ2n) is 11.4. The first-order chi connectivity index (χ1) is 18.1. The van der Waals surface area contributed by atoms with Crippen molar-refractivity contribution in [3.63, 3.8) is 0 Å². The molecule has 6 rings (SSSR count). The van der Waals surface area contributed by atoms with E-state index in [0.29, 0.717) is 30.4 Å². The van der Waals surface area contributed by atoms with Crippen LogP contribution in [0.15, 0.2) is 30.3 Å². The van der Waals surface area contributed by atoms with E-state index in [9.17, 15) is 9.59 Å². The average molecular weight is 523 g/mol. The molecule has 0 aromatic heterocycles. The first kappa shape index (κ1) is 24.9. The van der Waals surface area contributed by atoms with Gasteiger partial charge in [0.2, 0.25) is 0 Å². The zero-order valence-electron chi connectivity index (χ0n) is 22.7. The van der Waals surface area contributed by atoms with Crippen molar-refractivity contribution >= 4 is 17.6 Å². The quantitative estimate of drug-likeness (QED) is 0.551. The van der Waals surface area contributed by atoms with Crippen LogP contribution in [0.4, 0.5) is 10.5 Å². The topological polar surface area (TPSA) is 86.5 Å². The van der Waals surface area contributed by atoms with Gasteiger partial charge in [-0.3, -0.25) is 9.69 Å². The standard InChI is InChI=1S/C29H34N2O7/c1-16-23(34-5)22-20(25(24(16)35-6)37-13-17-10-8-7-9-11-17)29(15-36-14-19(29)32)26-21-18(12-30(22)26)31(21)27(33)38-28(2,3)4/h7-11,18,21,26H,12-15H2,1-6H3/t18-,21-,26+,29+,31?/m0/s1. The SMILES string of the molecule is COc1c(C)c(OC)c2c(c1OCc1ccccc1)[C@]1(COCC1=O)[C@H]1[C@@H]3[C@H](CN21)N3C(=O)OC(C)(C)C. The minimum atomic E-state index is -1.02. The lowest BCUT2D eigenvalue weighted by Crippen LogP contribution is -2.52. The highest BCUT2D eigenvalue weighted by molar-refractivity contribution is 6.02. The van der Waals surface area contributed by atoms with Crippen molar-refractivity contribution in [3.05, 3.63) is 47.0 Å². The smallest absolute Gasteiger partial charge is 0.411 e. The van der Waals surface area contributed by atoms with Crippen molar-refractivity contribution in [2.75, 3.05) is 38.9 Å². The maximum absolute atomic E-state index is 13.9. The number of carbonyl (C=O) groups excluding carboxylic acids is 2. The first-order valence-electron chi connectivity index (χ1n) is 13.0. The van der Waals surface area contributed by atoms with Gasteiger partial charge >= 0.3 is 6.09 Å². The minimum Gasteiger partial charge on any atom is -0.494 e. The number of piperazine rings is 1. The van der Waals surface area contributed by atoms with Crippen LogP contribution in [-0.2, 0) is 26.3 Å². The molecule has 202 valence electrons. The molecule has 0 unspecified atom stereocenters. The molecule has 9 heteroatoms. The van der Waals surface area contributed by atoms with E-state index in [0.717, 1.165) is 22.4 Å². The van der Waals surface area contributed by atoms with Gasteiger partial charge in [0.05, 0.1) is 44.6 Å². The van der Waals surface area contributed by atoms with Crippen LogP contribution in [0, 0.1) is 6.92 Å². The Balaban J connectivity index is 1.49. The molecule has 38 heavy (non-hydrogen) atoms. The van der Waals surface area contributed by atoms with Crippen LogP contribution in [0.3, 0.4) is 0 Å². The summed E-state index contributed by atoms with van der Waals surface area (Å²) in [6.07, 6.45) is -0.356. The van der Waals surface area contributed by atoms with Crippen LogP contribution in [-0.4, -0.2) is 74.5 Å². The van der Waals surface area contributed by atoms with Crippen LogP contribution >= 0.6 is 0 Å². The van der Waals surface area contributed by atoms with Gasteiger partial charge in [-0.1, -0.05) is 30.3 Å². The number of hydrogen-bond acceptors (Lipinski definition) is 8. The Morgan fingerprint density at radius 1 is 1.11 bits per heavy atom. The third kappa shape index (κ3) is 3.40. The van der Waals surface area contributed by atoms with E-state index in [1.807, 2.05) is 58.0 Å². The number of Topliss-reactive ketones (excluding diaryl/α,β-unsaturated/α-hetero) is 1. The van der Waals surface area contributed by atoms with E-state index in [-0.39, 0.29) is 43.2 Å². The molecule has 0 N–H and O–H groups in total. The molecule has 0 saturated carbocycles. The molecule has 3 saturated heterocycles. The Bertz CT molecular complexity index is 1300. The first-order valence-corrected chi connectivity index (χ1v) is 13.0. The lowest BCUT2D eigenvalue weighted by Gasteiger charge is -2.33. The van der Waals surface area contributed by atoms with Crippen molar-refractivity contribution in [2.45, 2.75) is 63.4 Å². The summed E-state index contributed by atoms with van der Waals surface area (Å²) in [7, 11) is 3.23. The van der Waals surface area contributed by atoms with Crippen LogP contribution in [0.25, 0.3) is 0 Å². The number of rotatable bonds is 5. The molecule has 4 heterocycles. The predicted molar refractivity (Wildman–Crippen MR) is 139 cm³/mol. The van der Waals surface area contributed by atoms with Gasteiger partial charge < -0.3 is 28.6 Å². The van der Waals surface area contributed by atoms with Crippen molar-refractivity contribution in [2.24, 2.45) is 0 Å². The highest BCUT2D eigenvalue weighted by Crippen LogP contribution is 2.65. The molecule has 2 aromatic rings. The molecule has 0 aliphatic carbocycles. The van der Waals surface area contributed by atoms with Gasteiger partial charge in [0.1, 0.15) is 30.0 Å². The maximum atomic E-state index is 13.9. The lowest BCUT2D eigenvalue weighted by atomic mass is 9.73. The molecule has 1 amide bonds. The Kier molecular flexibility index (Phi) is 5.58. The average Bonchev–Trinajstić information content (AvgIpc) is 3.10. The zero-order valence-corrected chi connectivity index (χ0v) is 22.7. The second kappa shape index (κ2) is 8.53. The Morgan fingerprint density at radius 3 is 2.42 bits per heavy atom. The molecular weight excluding hydrogens is 488 g/mol. The lowest BCUT2D eigenvalue weighted by molar-refractivity contribution is -0.122. The fourth-order valence-corrected chi connectivity index (χ4v) is 6.68. The third-order valence-corrected chi connectivity index (χ3v) is 8.13. The number of fused-ring (bicyclic) bond motifs is 7. The van der Waals surface area contributed by atoms with Gasteiger partial charge in [0, 0.05) is 17.7 Å². The van der Waals surface area contributed by atoms with Gasteiger partial charge in [-0.15, -0.1) is 0 Å². The Labute approximate surface area is 222 Å². The maximum Gasteiger partial charge on any atom is 0.411 e. The van der Waals surface area contributed by atoms with Gasteiger partial charge in [-0.25, -0.2) is 4.79 Å². The van der Waals surface area contributed by atoms with Crippen molar-refractivity contribution in [3.8, 4) is 17.2 Å². The third-order valence-electron chi connectivity index (χ3n) is 8.13. The molecule has 0 radical (unpaired) electrons. The van der Waals surface area contributed by atoms with Crippen LogP contribution in [0.2, 0.25) is 0 Å². The number of nitrogens with zero attached hydrogens (tertiary/aromatic N) is 2. The molecule has 3 fully saturated rings. The van der Waals surface area contributed by atoms with Crippen molar-refractivity contribution < 1.29 is 33.3 Å². The van der Waals surface area contributed by atoms with Crippen LogP contribution in [0.1, 0.15) is 37.5 Å². The fourth-order valence-electron chi connectivity index (χ4n) is 6.68. The molecule has 0 bridgehead atoms. The number of methoxy groups -OCH3 is 2. The molecular formula is C29H34N2O7. The summed E-state index contributed by atoms with van der Waals surface area (Å²) in [5, 5.41) is 0. The summed E-state index contributed by atoms with van der Waals surface area (Å²) in [4.78, 5) is 30.9. The normalized spacial score (nSPS) is 26.8. The zero-order chi connectivity index (χ0) is 27.0. The van der Waals surface area contributed by atoms with Gasteiger partial charge in [-0.05, 0) is 33.3 Å². The van der Waals surface area contributed by atoms with E-state index in [1.165, 1.54) is 0 Å². The highest BCUT2D eigenvalue weighted by atomic mass is 16.6. The molecule has 4 aliphatic rings. The van der Waals surface area contributed by atoms with Crippen LogP contribution < -0.4 is 19.1 Å². The summed E-state index contributed by atoms with van der Waals surface area (Å²) >= 11 is 0. The molecule has 9 nitrogen and oxygen atoms in total. The Morgan fingerprint density at radius 2 is 1.82 bits per heavy atom. The fraction of sp³-hybridized carbons (Fsp3) is 0.517. The van der Waals surface area contributed by atoms with Gasteiger partial charge in [0.15, 0.2) is 17.3 Å². The predicted octanol–water partition coefficient (Wildman–Crippen LogP) is 3.62. The summed E-state index contributed by atoms with van der Waals surface area (Å²) in [6.45, 7) is 8.57. The minimum absolute atomic E-state index is 0.00420. The highest BCUT2D eigenvalue weighted by Gasteiger charge is 2.75. The molecule has 2 aromatic carbocycles. The number of ether oxygens (including phenoxy) is 5. The monoisotopic (exact) mass is 522 g/mol.